The standard InChI is InChI=1S/C14H17N3O4/c1-14(2,3)21-13(20)16-6-7-17-11(18)9-4-5-15-8-10(9)12(17)19/h4-5,8H,6-7H2,1-3H3,(H,16,20). The zero-order chi connectivity index (χ0) is 15.6. The topological polar surface area (TPSA) is 88.6 Å². The van der Waals surface area contributed by atoms with Gasteiger partial charge in [0.1, 0.15) is 5.60 Å². The molecule has 2 heterocycles. The number of pyridine rings is 1. The number of amides is 3. The number of carbonyl (C=O) groups excluding carboxylic acids is 3. The summed E-state index contributed by atoms with van der Waals surface area (Å²) in [5.41, 5.74) is 0.0395. The van der Waals surface area contributed by atoms with Crippen molar-refractivity contribution in [2.24, 2.45) is 0 Å². The number of nitrogens with zero attached hydrogens (tertiary/aromatic N) is 2. The van der Waals surface area contributed by atoms with Gasteiger partial charge in [0, 0.05) is 25.5 Å². The van der Waals surface area contributed by atoms with E-state index in [4.69, 9.17) is 4.74 Å². The Kier molecular flexibility index (Phi) is 3.93. The number of aromatic nitrogens is 1. The van der Waals surface area contributed by atoms with Crippen molar-refractivity contribution in [3.05, 3.63) is 29.6 Å². The number of ether oxygens (including phenoxy) is 1. The maximum atomic E-state index is 12.0. The minimum absolute atomic E-state index is 0.0889. The number of nitrogens with one attached hydrogen (secondary N) is 1. The van der Waals surface area contributed by atoms with Crippen LogP contribution in [-0.2, 0) is 4.74 Å². The predicted molar refractivity (Wildman–Crippen MR) is 73.8 cm³/mol. The van der Waals surface area contributed by atoms with Crippen molar-refractivity contribution in [2.45, 2.75) is 26.4 Å². The second-order valence-electron chi connectivity index (χ2n) is 5.61. The van der Waals surface area contributed by atoms with Crippen LogP contribution >= 0.6 is 0 Å². The molecule has 0 bridgehead atoms. The number of fused-ring (bicyclic) bond motifs is 1. The largest absolute Gasteiger partial charge is 0.444 e. The first-order chi connectivity index (χ1) is 9.79. The molecule has 1 aromatic rings. The van der Waals surface area contributed by atoms with E-state index >= 15 is 0 Å². The van der Waals surface area contributed by atoms with Crippen molar-refractivity contribution < 1.29 is 19.1 Å². The molecule has 1 aliphatic heterocycles. The fourth-order valence-corrected chi connectivity index (χ4v) is 1.92. The van der Waals surface area contributed by atoms with Gasteiger partial charge in [-0.25, -0.2) is 4.79 Å². The molecule has 0 saturated carbocycles. The molecule has 7 heteroatoms. The third-order valence-electron chi connectivity index (χ3n) is 2.78. The molecule has 0 spiro atoms. The van der Waals surface area contributed by atoms with E-state index in [-0.39, 0.29) is 19.0 Å². The molecule has 21 heavy (non-hydrogen) atoms. The molecule has 3 amide bonds. The summed E-state index contributed by atoms with van der Waals surface area (Å²) in [6.07, 6.45) is 2.25. The van der Waals surface area contributed by atoms with Crippen LogP contribution in [0.25, 0.3) is 0 Å². The van der Waals surface area contributed by atoms with Crippen molar-refractivity contribution in [1.82, 2.24) is 15.2 Å². The summed E-state index contributed by atoms with van der Waals surface area (Å²) in [5.74, 6) is -0.766. The Hall–Kier alpha value is -2.44. The van der Waals surface area contributed by atoms with E-state index < -0.39 is 17.6 Å². The van der Waals surface area contributed by atoms with Crippen molar-refractivity contribution in [2.75, 3.05) is 13.1 Å². The highest BCUT2D eigenvalue weighted by Gasteiger charge is 2.35. The fourth-order valence-electron chi connectivity index (χ4n) is 1.92. The van der Waals surface area contributed by atoms with E-state index in [1.54, 1.807) is 20.8 Å². The molecule has 0 atom stereocenters. The van der Waals surface area contributed by atoms with Gasteiger partial charge < -0.3 is 10.1 Å². The maximum Gasteiger partial charge on any atom is 0.407 e. The Balaban J connectivity index is 1.90. The second kappa shape index (κ2) is 5.51. The summed E-state index contributed by atoms with van der Waals surface area (Å²) in [4.78, 5) is 40.5. The fraction of sp³-hybridized carbons (Fsp3) is 0.429. The average molecular weight is 291 g/mol. The zero-order valence-corrected chi connectivity index (χ0v) is 12.2. The van der Waals surface area contributed by atoms with Gasteiger partial charge in [0.15, 0.2) is 0 Å². The van der Waals surface area contributed by atoms with E-state index in [0.717, 1.165) is 4.90 Å². The molecule has 1 aromatic heterocycles. The van der Waals surface area contributed by atoms with Gasteiger partial charge in [-0.05, 0) is 26.8 Å². The van der Waals surface area contributed by atoms with Gasteiger partial charge >= 0.3 is 6.09 Å². The Bertz CT molecular complexity index is 557. The van der Waals surface area contributed by atoms with Gasteiger partial charge in [-0.3, -0.25) is 19.5 Å². The monoisotopic (exact) mass is 291 g/mol. The maximum absolute atomic E-state index is 12.0. The van der Waals surface area contributed by atoms with Gasteiger partial charge in [0.25, 0.3) is 11.8 Å². The molecule has 0 saturated heterocycles. The molecular weight excluding hydrogens is 274 g/mol. The normalized spacial score (nSPS) is 14.1. The number of carbonyl (C=O) groups is 3. The Morgan fingerprint density at radius 3 is 2.57 bits per heavy atom. The minimum Gasteiger partial charge on any atom is -0.444 e. The van der Waals surface area contributed by atoms with Crippen LogP contribution in [0.2, 0.25) is 0 Å². The lowest BCUT2D eigenvalue weighted by Gasteiger charge is -2.20. The molecule has 0 aliphatic carbocycles. The van der Waals surface area contributed by atoms with Crippen LogP contribution in [0.15, 0.2) is 18.5 Å². The summed E-state index contributed by atoms with van der Waals surface area (Å²) in [5, 5.41) is 2.51. The predicted octanol–water partition coefficient (Wildman–Crippen LogP) is 1.20. The van der Waals surface area contributed by atoms with Crippen LogP contribution in [0.1, 0.15) is 41.5 Å². The summed E-state index contributed by atoms with van der Waals surface area (Å²) in [6, 6.07) is 1.51. The molecule has 0 fully saturated rings. The third kappa shape index (κ3) is 3.36. The van der Waals surface area contributed by atoms with E-state index in [2.05, 4.69) is 10.3 Å². The zero-order valence-electron chi connectivity index (χ0n) is 12.2. The molecular formula is C14H17N3O4. The SMILES string of the molecule is CC(C)(C)OC(=O)NCCN1C(=O)c2ccncc2C1=O. The Morgan fingerprint density at radius 2 is 1.95 bits per heavy atom. The summed E-state index contributed by atoms with van der Waals surface area (Å²) in [6.45, 7) is 5.48. The van der Waals surface area contributed by atoms with Gasteiger partial charge in [0.05, 0.1) is 11.1 Å². The first-order valence-corrected chi connectivity index (χ1v) is 6.56. The van der Waals surface area contributed by atoms with E-state index in [1.165, 1.54) is 18.5 Å². The van der Waals surface area contributed by atoms with Crippen LogP contribution in [0.4, 0.5) is 4.79 Å². The number of rotatable bonds is 3. The Labute approximate surface area is 122 Å². The number of hydrogen-bond acceptors (Lipinski definition) is 5. The average Bonchev–Trinajstić information content (AvgIpc) is 2.62. The van der Waals surface area contributed by atoms with E-state index in [9.17, 15) is 14.4 Å². The Morgan fingerprint density at radius 1 is 1.29 bits per heavy atom. The van der Waals surface area contributed by atoms with Gasteiger partial charge in [-0.15, -0.1) is 0 Å². The van der Waals surface area contributed by atoms with Crippen LogP contribution in [0.5, 0.6) is 0 Å². The van der Waals surface area contributed by atoms with E-state index in [1.807, 2.05) is 0 Å². The molecule has 0 radical (unpaired) electrons. The number of imide groups is 1. The highest BCUT2D eigenvalue weighted by Crippen LogP contribution is 2.20. The van der Waals surface area contributed by atoms with Crippen LogP contribution in [-0.4, -0.2) is 46.5 Å². The lowest BCUT2D eigenvalue weighted by Crippen LogP contribution is -2.40. The first-order valence-electron chi connectivity index (χ1n) is 6.56. The third-order valence-corrected chi connectivity index (χ3v) is 2.78. The van der Waals surface area contributed by atoms with Crippen molar-refractivity contribution in [3.8, 4) is 0 Å². The lowest BCUT2D eigenvalue weighted by molar-refractivity contribution is 0.0504. The van der Waals surface area contributed by atoms with E-state index in [0.29, 0.717) is 11.1 Å². The van der Waals surface area contributed by atoms with Gasteiger partial charge in [-0.1, -0.05) is 0 Å². The highest BCUT2D eigenvalue weighted by molar-refractivity contribution is 6.21. The number of alkyl carbamates (subject to hydrolysis) is 1. The minimum atomic E-state index is -0.592. The lowest BCUT2D eigenvalue weighted by atomic mass is 10.2. The first kappa shape index (κ1) is 15.0. The molecule has 112 valence electrons. The molecule has 7 nitrogen and oxygen atoms in total. The molecule has 2 rings (SSSR count). The quantitative estimate of drug-likeness (QED) is 0.845. The molecule has 0 aromatic carbocycles. The molecule has 0 unspecified atom stereocenters. The van der Waals surface area contributed by atoms with Crippen LogP contribution < -0.4 is 5.32 Å². The van der Waals surface area contributed by atoms with Gasteiger partial charge in [0.2, 0.25) is 0 Å². The smallest absolute Gasteiger partial charge is 0.407 e. The highest BCUT2D eigenvalue weighted by atomic mass is 16.6. The van der Waals surface area contributed by atoms with Crippen LogP contribution in [0.3, 0.4) is 0 Å². The van der Waals surface area contributed by atoms with Crippen molar-refractivity contribution in [1.29, 1.82) is 0 Å². The molecule has 1 aliphatic rings. The summed E-state index contributed by atoms with van der Waals surface area (Å²) in [7, 11) is 0. The van der Waals surface area contributed by atoms with Gasteiger partial charge in [-0.2, -0.15) is 0 Å². The number of hydrogen-bond donors (Lipinski definition) is 1. The summed E-state index contributed by atoms with van der Waals surface area (Å²) >= 11 is 0. The van der Waals surface area contributed by atoms with Crippen molar-refractivity contribution in [3.63, 3.8) is 0 Å². The van der Waals surface area contributed by atoms with Crippen molar-refractivity contribution >= 4 is 17.9 Å². The molecule has 1 N–H and O–H groups in total. The second-order valence-corrected chi connectivity index (χ2v) is 5.61. The summed E-state index contributed by atoms with van der Waals surface area (Å²) < 4.78 is 5.07. The van der Waals surface area contributed by atoms with Crippen LogP contribution in [0, 0.1) is 0 Å².